The lowest BCUT2D eigenvalue weighted by Gasteiger charge is -2.24. The maximum Gasteiger partial charge on any atom is 0.0223 e. The number of rotatable bonds is 4. The molecule has 1 unspecified atom stereocenters. The molecule has 1 aromatic heterocycles. The van der Waals surface area contributed by atoms with E-state index < -0.39 is 0 Å². The molecular formula is C14H22N2S. The van der Waals surface area contributed by atoms with Crippen LogP contribution in [-0.4, -0.2) is 37.1 Å². The molecule has 2 nitrogen and oxygen atoms in total. The van der Waals surface area contributed by atoms with Gasteiger partial charge >= 0.3 is 0 Å². The molecule has 1 aromatic rings. The minimum absolute atomic E-state index is 0.779. The van der Waals surface area contributed by atoms with Crippen LogP contribution in [-0.2, 0) is 6.42 Å². The first-order valence-corrected chi connectivity index (χ1v) is 7.78. The van der Waals surface area contributed by atoms with Crippen molar-refractivity contribution in [2.24, 2.45) is 5.92 Å². The molecule has 17 heavy (non-hydrogen) atoms. The molecule has 94 valence electrons. The van der Waals surface area contributed by atoms with Crippen LogP contribution in [0, 0.1) is 5.92 Å². The van der Waals surface area contributed by atoms with E-state index in [1.807, 2.05) is 11.3 Å². The van der Waals surface area contributed by atoms with Gasteiger partial charge in [-0.3, -0.25) is 0 Å². The average molecular weight is 250 g/mol. The van der Waals surface area contributed by atoms with Gasteiger partial charge < -0.3 is 10.2 Å². The summed E-state index contributed by atoms with van der Waals surface area (Å²) in [6.07, 6.45) is 5.45. The highest BCUT2D eigenvalue weighted by atomic mass is 32.1. The van der Waals surface area contributed by atoms with Crippen LogP contribution in [0.15, 0.2) is 17.5 Å². The fourth-order valence-corrected chi connectivity index (χ4v) is 3.46. The van der Waals surface area contributed by atoms with Crippen LogP contribution in [0.25, 0.3) is 0 Å². The van der Waals surface area contributed by atoms with Gasteiger partial charge in [-0.05, 0) is 56.1 Å². The third-order valence-electron chi connectivity index (χ3n) is 3.96. The van der Waals surface area contributed by atoms with Crippen LogP contribution in [0.5, 0.6) is 0 Å². The predicted octanol–water partition coefficient (Wildman–Crippen LogP) is 2.36. The Morgan fingerprint density at radius 3 is 3.12 bits per heavy atom. The van der Waals surface area contributed by atoms with Crippen molar-refractivity contribution in [2.45, 2.75) is 31.7 Å². The van der Waals surface area contributed by atoms with E-state index in [9.17, 15) is 0 Å². The standard InChI is InChI=1S/C14H22N2S/c1-3-13(17-10-1)6-9-16-8-2-7-15-14(11-16)12-4-5-12/h1,3,10,12,14-15H,2,4-9,11H2. The van der Waals surface area contributed by atoms with Gasteiger partial charge in [0.05, 0.1) is 0 Å². The molecule has 3 heteroatoms. The van der Waals surface area contributed by atoms with Crippen LogP contribution in [0.3, 0.4) is 0 Å². The third kappa shape index (κ3) is 3.30. The molecule has 1 N–H and O–H groups in total. The van der Waals surface area contributed by atoms with E-state index >= 15 is 0 Å². The summed E-state index contributed by atoms with van der Waals surface area (Å²) in [7, 11) is 0. The summed E-state index contributed by atoms with van der Waals surface area (Å²) in [5, 5.41) is 5.91. The summed E-state index contributed by atoms with van der Waals surface area (Å²) in [5.41, 5.74) is 0. The van der Waals surface area contributed by atoms with Crippen molar-refractivity contribution in [1.82, 2.24) is 10.2 Å². The van der Waals surface area contributed by atoms with Crippen molar-refractivity contribution in [3.05, 3.63) is 22.4 Å². The molecule has 0 bridgehead atoms. The fraction of sp³-hybridized carbons (Fsp3) is 0.714. The third-order valence-corrected chi connectivity index (χ3v) is 4.89. The SMILES string of the molecule is c1csc(CCN2CCCNC(C3CC3)C2)c1. The van der Waals surface area contributed by atoms with Crippen molar-refractivity contribution < 1.29 is 0 Å². The Kier molecular flexibility index (Phi) is 3.79. The summed E-state index contributed by atoms with van der Waals surface area (Å²) in [4.78, 5) is 4.20. The first kappa shape index (κ1) is 11.7. The van der Waals surface area contributed by atoms with E-state index in [-0.39, 0.29) is 0 Å². The first-order valence-electron chi connectivity index (χ1n) is 6.90. The highest BCUT2D eigenvalue weighted by Gasteiger charge is 2.32. The molecule has 1 aliphatic heterocycles. The lowest BCUT2D eigenvalue weighted by molar-refractivity contribution is 0.262. The van der Waals surface area contributed by atoms with E-state index in [1.54, 1.807) is 0 Å². The van der Waals surface area contributed by atoms with Crippen LogP contribution in [0.2, 0.25) is 0 Å². The summed E-state index contributed by atoms with van der Waals surface area (Å²) >= 11 is 1.89. The number of nitrogens with one attached hydrogen (secondary N) is 1. The zero-order valence-electron chi connectivity index (χ0n) is 10.4. The Bertz CT molecular complexity index is 332. The van der Waals surface area contributed by atoms with Gasteiger partial charge in [-0.15, -0.1) is 11.3 Å². The Hall–Kier alpha value is -0.380. The summed E-state index contributed by atoms with van der Waals surface area (Å²) < 4.78 is 0. The summed E-state index contributed by atoms with van der Waals surface area (Å²) in [6, 6.07) is 5.21. The van der Waals surface area contributed by atoms with E-state index in [1.165, 1.54) is 56.7 Å². The van der Waals surface area contributed by atoms with Crippen molar-refractivity contribution >= 4 is 11.3 Å². The van der Waals surface area contributed by atoms with Gasteiger partial charge in [-0.25, -0.2) is 0 Å². The van der Waals surface area contributed by atoms with Gasteiger partial charge in [0.25, 0.3) is 0 Å². The highest BCUT2D eigenvalue weighted by Crippen LogP contribution is 2.33. The zero-order valence-corrected chi connectivity index (χ0v) is 11.2. The van der Waals surface area contributed by atoms with E-state index in [4.69, 9.17) is 0 Å². The van der Waals surface area contributed by atoms with Gasteiger partial charge in [0.2, 0.25) is 0 Å². The molecule has 3 rings (SSSR count). The van der Waals surface area contributed by atoms with Gasteiger partial charge in [-0.2, -0.15) is 0 Å². The summed E-state index contributed by atoms with van der Waals surface area (Å²) in [5.74, 6) is 0.984. The molecule has 0 radical (unpaired) electrons. The molecule has 1 saturated heterocycles. The van der Waals surface area contributed by atoms with Gasteiger partial charge in [-0.1, -0.05) is 6.07 Å². The number of nitrogens with zero attached hydrogens (tertiary/aromatic N) is 1. The van der Waals surface area contributed by atoms with Crippen LogP contribution in [0.4, 0.5) is 0 Å². The number of hydrogen-bond acceptors (Lipinski definition) is 3. The van der Waals surface area contributed by atoms with Crippen LogP contribution < -0.4 is 5.32 Å². The zero-order chi connectivity index (χ0) is 11.5. The molecule has 0 amide bonds. The molecule has 0 aromatic carbocycles. The minimum Gasteiger partial charge on any atom is -0.312 e. The lowest BCUT2D eigenvalue weighted by atomic mass is 10.2. The van der Waals surface area contributed by atoms with Gasteiger partial charge in [0.1, 0.15) is 0 Å². The lowest BCUT2D eigenvalue weighted by Crippen LogP contribution is -2.39. The maximum absolute atomic E-state index is 3.73. The normalized spacial score (nSPS) is 26.9. The number of hydrogen-bond donors (Lipinski definition) is 1. The molecule has 1 saturated carbocycles. The second-order valence-corrected chi connectivity index (χ2v) is 6.41. The second-order valence-electron chi connectivity index (χ2n) is 5.38. The molecular weight excluding hydrogens is 228 g/mol. The number of thiophene rings is 1. The minimum atomic E-state index is 0.779. The predicted molar refractivity (Wildman–Crippen MR) is 73.6 cm³/mol. The summed E-state index contributed by atoms with van der Waals surface area (Å²) in [6.45, 7) is 5.01. The van der Waals surface area contributed by atoms with Crippen LogP contribution in [0.1, 0.15) is 24.1 Å². The van der Waals surface area contributed by atoms with E-state index in [0.717, 1.165) is 12.0 Å². The second kappa shape index (κ2) is 5.51. The Morgan fingerprint density at radius 2 is 2.35 bits per heavy atom. The molecule has 2 fully saturated rings. The average Bonchev–Trinajstić information content (AvgIpc) is 3.09. The van der Waals surface area contributed by atoms with Gasteiger partial charge in [0.15, 0.2) is 0 Å². The van der Waals surface area contributed by atoms with Crippen molar-refractivity contribution in [3.63, 3.8) is 0 Å². The van der Waals surface area contributed by atoms with E-state index in [2.05, 4.69) is 27.7 Å². The smallest absolute Gasteiger partial charge is 0.0223 e. The molecule has 0 spiro atoms. The quantitative estimate of drug-likeness (QED) is 0.882. The van der Waals surface area contributed by atoms with Crippen molar-refractivity contribution in [2.75, 3.05) is 26.2 Å². The van der Waals surface area contributed by atoms with Crippen molar-refractivity contribution in [3.8, 4) is 0 Å². The Labute approximate surface area is 108 Å². The molecule has 1 atom stereocenters. The molecule has 2 aliphatic rings. The van der Waals surface area contributed by atoms with Crippen molar-refractivity contribution in [1.29, 1.82) is 0 Å². The highest BCUT2D eigenvalue weighted by molar-refractivity contribution is 7.09. The van der Waals surface area contributed by atoms with E-state index in [0.29, 0.717) is 0 Å². The van der Waals surface area contributed by atoms with Crippen LogP contribution >= 0.6 is 11.3 Å². The largest absolute Gasteiger partial charge is 0.312 e. The maximum atomic E-state index is 3.73. The van der Waals surface area contributed by atoms with Gasteiger partial charge in [0, 0.05) is 24.0 Å². The topological polar surface area (TPSA) is 15.3 Å². The molecule has 2 heterocycles. The Balaban J connectivity index is 1.50. The monoisotopic (exact) mass is 250 g/mol. The Morgan fingerprint density at radius 1 is 1.41 bits per heavy atom. The molecule has 1 aliphatic carbocycles. The first-order chi connectivity index (χ1) is 8.42. The fourth-order valence-electron chi connectivity index (χ4n) is 2.76.